The first-order valence-electron chi connectivity index (χ1n) is 15.2. The van der Waals surface area contributed by atoms with E-state index in [1.54, 1.807) is 48.7 Å². The number of rotatable bonds is 7. The van der Waals surface area contributed by atoms with Gasteiger partial charge in [-0.2, -0.15) is 0 Å². The van der Waals surface area contributed by atoms with Crippen LogP contribution in [0.25, 0.3) is 10.9 Å². The van der Waals surface area contributed by atoms with Crippen molar-refractivity contribution in [3.63, 3.8) is 0 Å². The molecule has 0 spiro atoms. The summed E-state index contributed by atoms with van der Waals surface area (Å²) in [6, 6.07) is 19.8. The van der Waals surface area contributed by atoms with Gasteiger partial charge in [-0.25, -0.2) is 8.42 Å². The molecule has 1 fully saturated rings. The fraction of sp³-hybridized carbons (Fsp3) is 0.371. The second-order valence-corrected chi connectivity index (χ2v) is 12.9. The standard InChI is InChI=1S/C31H34N4O3S.C4H10.H2/c1-22-19-24(3)27(20-23(22)2)21-34-15-6-16-35(18-17-34)31(36)26-10-12-28(13-11-26)33-39(37,38)29-9-4-7-25-8-5-14-32-30(25)29;1-3-4-2;/h4-5,7-14,19-20,33H,6,15-18,21H2,1-3H3;3-4H2,1-2H3;1H. The molecule has 4 aromatic rings. The number of aryl methyl sites for hydroxylation is 3. The van der Waals surface area contributed by atoms with Gasteiger partial charge in [-0.05, 0) is 85.8 Å². The van der Waals surface area contributed by atoms with Crippen LogP contribution in [0.15, 0.2) is 77.8 Å². The van der Waals surface area contributed by atoms with Crippen molar-refractivity contribution in [2.75, 3.05) is 30.9 Å². The third-order valence-electron chi connectivity index (χ3n) is 7.99. The first-order chi connectivity index (χ1) is 20.6. The maximum Gasteiger partial charge on any atom is 0.264 e. The van der Waals surface area contributed by atoms with Crippen molar-refractivity contribution in [1.29, 1.82) is 0 Å². The first kappa shape index (κ1) is 32.2. The maximum atomic E-state index is 13.3. The Morgan fingerprint density at radius 2 is 1.56 bits per heavy atom. The lowest BCUT2D eigenvalue weighted by atomic mass is 10.0. The fourth-order valence-electron chi connectivity index (χ4n) is 5.13. The van der Waals surface area contributed by atoms with Crippen molar-refractivity contribution in [1.82, 2.24) is 14.8 Å². The van der Waals surface area contributed by atoms with Crippen molar-refractivity contribution < 1.29 is 14.6 Å². The summed E-state index contributed by atoms with van der Waals surface area (Å²) in [5.74, 6) is -0.0353. The zero-order valence-corrected chi connectivity index (χ0v) is 26.9. The van der Waals surface area contributed by atoms with Crippen molar-refractivity contribution in [2.24, 2.45) is 0 Å². The summed E-state index contributed by atoms with van der Waals surface area (Å²) >= 11 is 0. The highest BCUT2D eigenvalue weighted by atomic mass is 32.2. The number of carbonyl (C=O) groups excluding carboxylic acids is 1. The van der Waals surface area contributed by atoms with E-state index in [2.05, 4.69) is 61.4 Å². The lowest BCUT2D eigenvalue weighted by Crippen LogP contribution is -2.35. The van der Waals surface area contributed by atoms with Gasteiger partial charge in [0.25, 0.3) is 15.9 Å². The molecule has 1 amide bonds. The highest BCUT2D eigenvalue weighted by molar-refractivity contribution is 7.93. The number of carbonyl (C=O) groups is 1. The highest BCUT2D eigenvalue weighted by Crippen LogP contribution is 2.24. The van der Waals surface area contributed by atoms with Crippen molar-refractivity contribution in [3.8, 4) is 0 Å². The highest BCUT2D eigenvalue weighted by Gasteiger charge is 2.22. The zero-order valence-electron chi connectivity index (χ0n) is 26.1. The molecule has 230 valence electrons. The number of nitrogens with one attached hydrogen (secondary N) is 1. The molecule has 1 aliphatic heterocycles. The topological polar surface area (TPSA) is 82.6 Å². The summed E-state index contributed by atoms with van der Waals surface area (Å²) in [6.07, 6.45) is 5.13. The summed E-state index contributed by atoms with van der Waals surface area (Å²) in [5.41, 5.74) is 6.63. The van der Waals surface area contributed by atoms with E-state index in [0.29, 0.717) is 29.9 Å². The molecule has 0 atom stereocenters. The average molecular weight is 603 g/mol. The van der Waals surface area contributed by atoms with Gasteiger partial charge < -0.3 is 4.90 Å². The molecule has 1 aliphatic rings. The van der Waals surface area contributed by atoms with Gasteiger partial charge in [0, 0.05) is 57.0 Å². The molecule has 1 saturated heterocycles. The second kappa shape index (κ2) is 14.6. The monoisotopic (exact) mass is 602 g/mol. The summed E-state index contributed by atoms with van der Waals surface area (Å²) in [5, 5.41) is 0.751. The maximum absolute atomic E-state index is 13.3. The Bertz CT molecular complexity index is 1650. The summed E-state index contributed by atoms with van der Waals surface area (Å²) in [7, 11) is -3.85. The van der Waals surface area contributed by atoms with E-state index in [9.17, 15) is 13.2 Å². The number of anilines is 1. The number of amides is 1. The lowest BCUT2D eigenvalue weighted by molar-refractivity contribution is 0.0761. The average Bonchev–Trinajstić information content (AvgIpc) is 3.25. The summed E-state index contributed by atoms with van der Waals surface area (Å²) < 4.78 is 28.8. The van der Waals surface area contributed by atoms with E-state index < -0.39 is 10.0 Å². The number of unbranched alkanes of at least 4 members (excludes halogenated alkanes) is 1. The molecule has 0 radical (unpaired) electrons. The molecule has 8 heteroatoms. The Labute approximate surface area is 258 Å². The van der Waals surface area contributed by atoms with Gasteiger partial charge in [0.05, 0.1) is 5.52 Å². The van der Waals surface area contributed by atoms with Crippen molar-refractivity contribution in [2.45, 2.75) is 65.3 Å². The minimum absolute atomic E-state index is 0. The Morgan fingerprint density at radius 1 is 0.860 bits per heavy atom. The second-order valence-electron chi connectivity index (χ2n) is 11.3. The smallest absolute Gasteiger partial charge is 0.264 e. The van der Waals surface area contributed by atoms with E-state index in [0.717, 1.165) is 31.4 Å². The number of hydrogen-bond acceptors (Lipinski definition) is 5. The Balaban J connectivity index is 0.000000998. The SMILES string of the molecule is CCCC.Cc1cc(C)c(CN2CCCN(C(=O)c3ccc(NS(=O)(=O)c4cccc5cccnc45)cc3)CC2)cc1C.[HH]. The van der Waals surface area contributed by atoms with Gasteiger partial charge in [-0.15, -0.1) is 0 Å². The van der Waals surface area contributed by atoms with Gasteiger partial charge in [0.15, 0.2) is 0 Å². The quantitative estimate of drug-likeness (QED) is 0.239. The minimum Gasteiger partial charge on any atom is -0.337 e. The first-order valence-corrected chi connectivity index (χ1v) is 16.7. The molecule has 0 saturated carbocycles. The van der Waals surface area contributed by atoms with Crippen LogP contribution < -0.4 is 4.72 Å². The van der Waals surface area contributed by atoms with E-state index in [1.807, 2.05) is 17.0 Å². The molecule has 7 nitrogen and oxygen atoms in total. The molecular weight excluding hydrogens is 556 g/mol. The van der Waals surface area contributed by atoms with E-state index in [1.165, 1.54) is 35.1 Å². The van der Waals surface area contributed by atoms with Gasteiger partial charge in [-0.3, -0.25) is 19.4 Å². The molecule has 1 N–H and O–H groups in total. The number of fused-ring (bicyclic) bond motifs is 1. The van der Waals surface area contributed by atoms with Crippen LogP contribution in [-0.2, 0) is 16.6 Å². The van der Waals surface area contributed by atoms with Crippen LogP contribution in [0.3, 0.4) is 0 Å². The number of hydrogen-bond donors (Lipinski definition) is 1. The van der Waals surface area contributed by atoms with Crippen LogP contribution in [0, 0.1) is 20.8 Å². The van der Waals surface area contributed by atoms with E-state index >= 15 is 0 Å². The number of benzene rings is 3. The Hall–Kier alpha value is -3.75. The number of aromatic nitrogens is 1. The molecule has 5 rings (SSSR count). The van der Waals surface area contributed by atoms with Crippen LogP contribution in [0.4, 0.5) is 5.69 Å². The predicted molar refractivity (Wildman–Crippen MR) is 178 cm³/mol. The number of para-hydroxylation sites is 1. The van der Waals surface area contributed by atoms with Crippen LogP contribution in [0.1, 0.15) is 67.1 Å². The number of nitrogens with zero attached hydrogens (tertiary/aromatic N) is 3. The summed E-state index contributed by atoms with van der Waals surface area (Å²) in [4.78, 5) is 22.0. The predicted octanol–water partition coefficient (Wildman–Crippen LogP) is 7.36. The molecule has 0 unspecified atom stereocenters. The van der Waals surface area contributed by atoms with Crippen molar-refractivity contribution >= 4 is 32.5 Å². The third kappa shape index (κ3) is 8.21. The van der Waals surface area contributed by atoms with Crippen LogP contribution in [-0.4, -0.2) is 55.3 Å². The van der Waals surface area contributed by atoms with Gasteiger partial charge in [0.1, 0.15) is 4.90 Å². The summed E-state index contributed by atoms with van der Waals surface area (Å²) in [6.45, 7) is 14.8. The van der Waals surface area contributed by atoms with Crippen LogP contribution in [0.2, 0.25) is 0 Å². The third-order valence-corrected chi connectivity index (χ3v) is 9.40. The number of pyridine rings is 1. The van der Waals surface area contributed by atoms with Crippen molar-refractivity contribution in [3.05, 3.63) is 101 Å². The Morgan fingerprint density at radius 3 is 2.28 bits per heavy atom. The van der Waals surface area contributed by atoms with Gasteiger partial charge >= 0.3 is 0 Å². The largest absolute Gasteiger partial charge is 0.337 e. The Kier molecular flexibility index (Phi) is 10.9. The molecule has 2 heterocycles. The number of sulfonamides is 1. The fourth-order valence-corrected chi connectivity index (χ4v) is 6.37. The molecule has 1 aromatic heterocycles. The zero-order chi connectivity index (χ0) is 31.0. The minimum atomic E-state index is -3.85. The van der Waals surface area contributed by atoms with Gasteiger partial charge in [-0.1, -0.05) is 57.0 Å². The normalized spacial score (nSPS) is 14.1. The van der Waals surface area contributed by atoms with Crippen LogP contribution in [0.5, 0.6) is 0 Å². The molecule has 43 heavy (non-hydrogen) atoms. The van der Waals surface area contributed by atoms with E-state index in [4.69, 9.17) is 0 Å². The molecule has 0 bridgehead atoms. The molecule has 3 aromatic carbocycles. The molecule has 0 aliphatic carbocycles. The lowest BCUT2D eigenvalue weighted by Gasteiger charge is -2.23. The van der Waals surface area contributed by atoms with Crippen LogP contribution >= 0.6 is 0 Å². The van der Waals surface area contributed by atoms with Gasteiger partial charge in [0.2, 0.25) is 0 Å². The van der Waals surface area contributed by atoms with E-state index in [-0.39, 0.29) is 12.2 Å². The molecular formula is C35H46N4O3S.